The van der Waals surface area contributed by atoms with Gasteiger partial charge in [-0.05, 0) is 37.3 Å². The van der Waals surface area contributed by atoms with Crippen LogP contribution in [0.4, 0.5) is 11.8 Å². The molecule has 6 rings (SSSR count). The van der Waals surface area contributed by atoms with E-state index in [0.717, 1.165) is 91.7 Å². The van der Waals surface area contributed by atoms with Crippen molar-refractivity contribution in [1.29, 1.82) is 0 Å². The van der Waals surface area contributed by atoms with Crippen LogP contribution in [0, 0.1) is 5.92 Å². The Bertz CT molecular complexity index is 1370. The molecule has 36 heavy (non-hydrogen) atoms. The van der Waals surface area contributed by atoms with E-state index in [0.29, 0.717) is 25.1 Å². The number of morpholine rings is 1. The molecular weight excluding hydrogens is 456 g/mol. The van der Waals surface area contributed by atoms with Crippen LogP contribution < -0.4 is 9.80 Å². The highest BCUT2D eigenvalue weighted by atomic mass is 16.5. The number of para-hydroxylation sites is 2. The Balaban J connectivity index is 1.49. The fourth-order valence-corrected chi connectivity index (χ4v) is 5.54. The maximum Gasteiger partial charge on any atom is 0.239 e. The van der Waals surface area contributed by atoms with Gasteiger partial charge in [-0.2, -0.15) is 9.97 Å². The second-order valence-electron chi connectivity index (χ2n) is 9.74. The molecule has 1 aromatic carbocycles. The van der Waals surface area contributed by atoms with Gasteiger partial charge in [-0.1, -0.05) is 19.1 Å². The van der Waals surface area contributed by atoms with Crippen LogP contribution in [0.25, 0.3) is 28.1 Å². The Morgan fingerprint density at radius 1 is 0.972 bits per heavy atom. The zero-order valence-corrected chi connectivity index (χ0v) is 21.1. The molecule has 4 aromatic rings. The van der Waals surface area contributed by atoms with Crippen LogP contribution in [-0.4, -0.2) is 80.2 Å². The SMILES string of the molecule is CCc1nc2ccccc2n1-c1nc(N2CCOCC2)c2nc(N3CCC(CCO)CC3)n(C)c2n1. The average molecular weight is 491 g/mol. The van der Waals surface area contributed by atoms with E-state index in [2.05, 4.69) is 39.0 Å². The third kappa shape index (κ3) is 3.98. The van der Waals surface area contributed by atoms with Gasteiger partial charge in [0.1, 0.15) is 5.82 Å². The third-order valence-electron chi connectivity index (χ3n) is 7.56. The molecule has 0 unspecified atom stereocenters. The number of aryl methyl sites for hydroxylation is 2. The summed E-state index contributed by atoms with van der Waals surface area (Å²) < 4.78 is 9.83. The molecule has 3 aromatic heterocycles. The zero-order valence-electron chi connectivity index (χ0n) is 21.1. The molecule has 10 heteroatoms. The van der Waals surface area contributed by atoms with E-state index in [1.54, 1.807) is 0 Å². The first-order chi connectivity index (χ1) is 17.7. The molecular formula is C26H34N8O2. The van der Waals surface area contributed by atoms with Crippen molar-refractivity contribution in [3.05, 3.63) is 30.1 Å². The lowest BCUT2D eigenvalue weighted by Crippen LogP contribution is -2.37. The summed E-state index contributed by atoms with van der Waals surface area (Å²) in [5, 5.41) is 9.34. The summed E-state index contributed by atoms with van der Waals surface area (Å²) in [4.78, 5) is 24.8. The molecule has 2 saturated heterocycles. The van der Waals surface area contributed by atoms with Crippen molar-refractivity contribution in [3.8, 4) is 5.95 Å². The molecule has 0 bridgehead atoms. The average Bonchev–Trinajstić information content (AvgIpc) is 3.47. The Labute approximate surface area is 210 Å². The van der Waals surface area contributed by atoms with Gasteiger partial charge in [0, 0.05) is 46.3 Å². The highest BCUT2D eigenvalue weighted by molar-refractivity contribution is 5.87. The molecule has 10 nitrogen and oxygen atoms in total. The molecule has 2 fully saturated rings. The molecule has 0 radical (unpaired) electrons. The quantitative estimate of drug-likeness (QED) is 0.441. The Kier molecular flexibility index (Phi) is 6.22. The van der Waals surface area contributed by atoms with Gasteiger partial charge in [-0.25, -0.2) is 9.97 Å². The number of ether oxygens (including phenoxy) is 1. The van der Waals surface area contributed by atoms with Gasteiger partial charge < -0.3 is 19.6 Å². The fraction of sp³-hybridized carbons (Fsp3) is 0.538. The van der Waals surface area contributed by atoms with Crippen LogP contribution in [0.15, 0.2) is 24.3 Å². The van der Waals surface area contributed by atoms with E-state index in [9.17, 15) is 5.11 Å². The van der Waals surface area contributed by atoms with Crippen molar-refractivity contribution in [2.45, 2.75) is 32.6 Å². The molecule has 2 aliphatic heterocycles. The minimum absolute atomic E-state index is 0.265. The van der Waals surface area contributed by atoms with E-state index in [1.165, 1.54) is 0 Å². The predicted octanol–water partition coefficient (Wildman–Crippen LogP) is 2.70. The molecule has 2 aliphatic rings. The smallest absolute Gasteiger partial charge is 0.239 e. The highest BCUT2D eigenvalue weighted by Gasteiger charge is 2.27. The number of nitrogens with zero attached hydrogens (tertiary/aromatic N) is 8. The van der Waals surface area contributed by atoms with Crippen molar-refractivity contribution in [3.63, 3.8) is 0 Å². The minimum atomic E-state index is 0.265. The standard InChI is InChI=1S/C26H34N8O2/c1-3-21-27-19-6-4-5-7-20(19)34(21)25-29-23-22(24(30-25)32-13-16-36-17-14-32)28-26(31(23)2)33-11-8-18(9-12-33)10-15-35/h4-7,18,35H,3,8-17H2,1-2H3. The first kappa shape index (κ1) is 23.2. The number of aliphatic hydroxyl groups is 1. The number of hydrogen-bond acceptors (Lipinski definition) is 8. The summed E-state index contributed by atoms with van der Waals surface area (Å²) in [5.41, 5.74) is 3.62. The lowest BCUT2D eigenvalue weighted by Gasteiger charge is -2.32. The second-order valence-corrected chi connectivity index (χ2v) is 9.74. The highest BCUT2D eigenvalue weighted by Crippen LogP contribution is 2.32. The molecule has 0 saturated carbocycles. The van der Waals surface area contributed by atoms with Gasteiger partial charge >= 0.3 is 0 Å². The second kappa shape index (κ2) is 9.67. The Morgan fingerprint density at radius 3 is 2.50 bits per heavy atom. The predicted molar refractivity (Wildman–Crippen MR) is 140 cm³/mol. The summed E-state index contributed by atoms with van der Waals surface area (Å²) in [6.07, 6.45) is 3.79. The number of fused-ring (bicyclic) bond motifs is 2. The van der Waals surface area contributed by atoms with Gasteiger partial charge in [0.2, 0.25) is 11.9 Å². The number of benzene rings is 1. The van der Waals surface area contributed by atoms with Crippen LogP contribution in [0.1, 0.15) is 32.0 Å². The maximum atomic E-state index is 9.34. The van der Waals surface area contributed by atoms with Crippen molar-refractivity contribution < 1.29 is 9.84 Å². The Morgan fingerprint density at radius 2 is 1.75 bits per heavy atom. The number of hydrogen-bond donors (Lipinski definition) is 1. The normalized spacial score (nSPS) is 17.5. The van der Waals surface area contributed by atoms with Gasteiger partial charge in [-0.3, -0.25) is 9.13 Å². The lowest BCUT2D eigenvalue weighted by molar-refractivity contribution is 0.122. The summed E-state index contributed by atoms with van der Waals surface area (Å²) in [5.74, 6) is 3.94. The van der Waals surface area contributed by atoms with Gasteiger partial charge in [-0.15, -0.1) is 0 Å². The third-order valence-corrected chi connectivity index (χ3v) is 7.56. The topological polar surface area (TPSA) is 97.4 Å². The number of piperidine rings is 1. The fourth-order valence-electron chi connectivity index (χ4n) is 5.54. The minimum Gasteiger partial charge on any atom is -0.396 e. The number of rotatable bonds is 6. The van der Waals surface area contributed by atoms with E-state index in [-0.39, 0.29) is 6.61 Å². The van der Waals surface area contributed by atoms with Crippen molar-refractivity contribution in [2.24, 2.45) is 13.0 Å². The molecule has 0 spiro atoms. The number of imidazole rings is 2. The zero-order chi connectivity index (χ0) is 24.6. The van der Waals surface area contributed by atoms with Crippen LogP contribution in [0.3, 0.4) is 0 Å². The van der Waals surface area contributed by atoms with E-state index in [4.69, 9.17) is 24.7 Å². The van der Waals surface area contributed by atoms with Gasteiger partial charge in [0.15, 0.2) is 17.0 Å². The van der Waals surface area contributed by atoms with Crippen molar-refractivity contribution in [1.82, 2.24) is 29.1 Å². The molecule has 0 aliphatic carbocycles. The lowest BCUT2D eigenvalue weighted by atomic mass is 9.94. The number of aromatic nitrogens is 6. The van der Waals surface area contributed by atoms with Crippen LogP contribution in [0.5, 0.6) is 0 Å². The van der Waals surface area contributed by atoms with Crippen LogP contribution in [0.2, 0.25) is 0 Å². The first-order valence-corrected chi connectivity index (χ1v) is 13.1. The Hall–Kier alpha value is -3.24. The largest absolute Gasteiger partial charge is 0.396 e. The summed E-state index contributed by atoms with van der Waals surface area (Å²) in [7, 11) is 2.05. The van der Waals surface area contributed by atoms with E-state index >= 15 is 0 Å². The van der Waals surface area contributed by atoms with Crippen LogP contribution >= 0.6 is 0 Å². The van der Waals surface area contributed by atoms with Crippen LogP contribution in [-0.2, 0) is 18.2 Å². The van der Waals surface area contributed by atoms with Crippen molar-refractivity contribution in [2.75, 3.05) is 55.8 Å². The molecule has 190 valence electrons. The molecule has 5 heterocycles. The molecule has 1 N–H and O–H groups in total. The van der Waals surface area contributed by atoms with E-state index in [1.807, 2.05) is 18.2 Å². The van der Waals surface area contributed by atoms with Gasteiger partial charge in [0.25, 0.3) is 0 Å². The maximum absolute atomic E-state index is 9.34. The molecule has 0 atom stereocenters. The molecule has 0 amide bonds. The summed E-state index contributed by atoms with van der Waals surface area (Å²) in [6.45, 7) is 7.13. The first-order valence-electron chi connectivity index (χ1n) is 13.1. The van der Waals surface area contributed by atoms with E-state index < -0.39 is 0 Å². The van der Waals surface area contributed by atoms with Gasteiger partial charge in [0.05, 0.1) is 24.2 Å². The monoisotopic (exact) mass is 490 g/mol. The number of aliphatic hydroxyl groups excluding tert-OH is 1. The van der Waals surface area contributed by atoms with Crippen molar-refractivity contribution >= 4 is 34.0 Å². The summed E-state index contributed by atoms with van der Waals surface area (Å²) >= 11 is 0. The number of anilines is 2. The summed E-state index contributed by atoms with van der Waals surface area (Å²) in [6, 6.07) is 8.16.